The van der Waals surface area contributed by atoms with Gasteiger partial charge in [-0.2, -0.15) is 0 Å². The van der Waals surface area contributed by atoms with Gasteiger partial charge in [0.25, 0.3) is 0 Å². The van der Waals surface area contributed by atoms with E-state index in [1.807, 2.05) is 0 Å². The first-order valence-electron chi connectivity index (χ1n) is 5.31. The van der Waals surface area contributed by atoms with Crippen LogP contribution < -0.4 is 0 Å². The Morgan fingerprint density at radius 3 is 1.53 bits per heavy atom. The maximum atomic E-state index is 2.44. The minimum atomic E-state index is -0.0800. The molecule has 0 amide bonds. The van der Waals surface area contributed by atoms with E-state index in [1.54, 1.807) is 0 Å². The van der Waals surface area contributed by atoms with Crippen molar-refractivity contribution in [2.24, 2.45) is 0 Å². The molecule has 0 saturated carbocycles. The fourth-order valence-electron chi connectivity index (χ4n) is 2.13. The Morgan fingerprint density at radius 2 is 1.27 bits per heavy atom. The molecule has 1 heteroatoms. The fourth-order valence-corrected chi connectivity index (χ4v) is 7.15. The third-order valence-corrected chi connectivity index (χ3v) is 6.77. The number of rotatable bonds is 2. The molecule has 2 rings (SSSR count). The summed E-state index contributed by atoms with van der Waals surface area (Å²) in [5.41, 5.74) is 2.85. The molecule has 0 nitrogen and oxygen atoms in total. The second-order valence-electron chi connectivity index (χ2n) is 4.73. The summed E-state index contributed by atoms with van der Waals surface area (Å²) in [5.74, 6) is 0. The standard InChI is InChI=1S/2C7H9.Ir/c2*1-6-3-4-7(2)5-6;/h2*3-5H,1-2H3;. The van der Waals surface area contributed by atoms with Crippen LogP contribution in [0.2, 0.25) is 7.86 Å². The van der Waals surface area contributed by atoms with Gasteiger partial charge in [0.2, 0.25) is 0 Å². The van der Waals surface area contributed by atoms with Gasteiger partial charge in [-0.3, -0.25) is 0 Å². The summed E-state index contributed by atoms with van der Waals surface area (Å²) in [6.07, 6.45) is 14.2. The van der Waals surface area contributed by atoms with E-state index in [0.717, 1.165) is 0 Å². The average Bonchev–Trinajstić information content (AvgIpc) is 2.57. The summed E-state index contributed by atoms with van der Waals surface area (Å²) < 4.78 is 0.731. The van der Waals surface area contributed by atoms with E-state index in [1.165, 1.54) is 11.1 Å². The van der Waals surface area contributed by atoms with E-state index in [9.17, 15) is 0 Å². The van der Waals surface area contributed by atoms with Gasteiger partial charge in [0.15, 0.2) is 0 Å². The molecule has 2 unspecified atom stereocenters. The minimum absolute atomic E-state index is 0.0800. The first kappa shape index (κ1) is 11.1. The average molecular weight is 379 g/mol. The summed E-state index contributed by atoms with van der Waals surface area (Å²) >= 11 is -0.0800. The molecule has 0 aromatic carbocycles. The SMILES string of the molecule is CC1=C[C](C)([Ir][C]2(C)C=CC(C)=C2)C=C1. The molecule has 0 aromatic heterocycles. The quantitative estimate of drug-likeness (QED) is 0.666. The number of allylic oxidation sites excluding steroid dienone is 8. The third-order valence-electron chi connectivity index (χ3n) is 2.70. The molecule has 0 saturated heterocycles. The van der Waals surface area contributed by atoms with Crippen LogP contribution in [-0.2, 0) is 17.7 Å². The van der Waals surface area contributed by atoms with Gasteiger partial charge < -0.3 is 0 Å². The van der Waals surface area contributed by atoms with Gasteiger partial charge in [-0.05, 0) is 0 Å². The van der Waals surface area contributed by atoms with Crippen molar-refractivity contribution in [1.82, 2.24) is 0 Å². The molecule has 2 aliphatic carbocycles. The van der Waals surface area contributed by atoms with Gasteiger partial charge in [-0.25, -0.2) is 0 Å². The molecule has 0 aliphatic heterocycles. The predicted molar refractivity (Wildman–Crippen MR) is 62.5 cm³/mol. The van der Waals surface area contributed by atoms with E-state index in [4.69, 9.17) is 0 Å². The molecule has 2 atom stereocenters. The zero-order valence-corrected chi connectivity index (χ0v) is 12.2. The van der Waals surface area contributed by atoms with Crippen LogP contribution in [0.5, 0.6) is 0 Å². The Labute approximate surface area is 101 Å². The van der Waals surface area contributed by atoms with Crippen molar-refractivity contribution in [1.29, 1.82) is 0 Å². The van der Waals surface area contributed by atoms with Crippen molar-refractivity contribution >= 4 is 0 Å². The molecule has 0 aromatic rings. The van der Waals surface area contributed by atoms with Crippen molar-refractivity contribution in [2.45, 2.75) is 35.6 Å². The maximum absolute atomic E-state index is 2.44. The number of hydrogen-bond donors (Lipinski definition) is 0. The van der Waals surface area contributed by atoms with Crippen LogP contribution in [0.4, 0.5) is 0 Å². The first-order chi connectivity index (χ1) is 6.91. The van der Waals surface area contributed by atoms with Gasteiger partial charge in [0.1, 0.15) is 0 Å². The van der Waals surface area contributed by atoms with Crippen LogP contribution in [0.25, 0.3) is 0 Å². The van der Waals surface area contributed by atoms with Gasteiger partial charge in [0.05, 0.1) is 0 Å². The van der Waals surface area contributed by atoms with Crippen LogP contribution >= 0.6 is 0 Å². The molecule has 15 heavy (non-hydrogen) atoms. The Hall–Kier alpha value is -0.391. The summed E-state index contributed by atoms with van der Waals surface area (Å²) in [5, 5.41) is 0. The van der Waals surface area contributed by atoms with Crippen molar-refractivity contribution in [3.05, 3.63) is 47.6 Å². The molecule has 0 N–H and O–H groups in total. The Balaban J connectivity index is 2.18. The monoisotopic (exact) mass is 379 g/mol. The Morgan fingerprint density at radius 1 is 0.867 bits per heavy atom. The molecule has 0 heterocycles. The van der Waals surface area contributed by atoms with E-state index >= 15 is 0 Å². The molecule has 0 fully saturated rings. The van der Waals surface area contributed by atoms with Crippen molar-refractivity contribution in [3.8, 4) is 0 Å². The van der Waals surface area contributed by atoms with Crippen LogP contribution in [0.15, 0.2) is 47.6 Å². The first-order valence-corrected chi connectivity index (χ1v) is 7.70. The molecule has 83 valence electrons. The van der Waals surface area contributed by atoms with Crippen LogP contribution in [0, 0.1) is 0 Å². The van der Waals surface area contributed by atoms with Gasteiger partial charge in [-0.15, -0.1) is 0 Å². The second kappa shape index (κ2) is 3.57. The van der Waals surface area contributed by atoms with Gasteiger partial charge in [-0.1, -0.05) is 0 Å². The molecule has 0 bridgehead atoms. The zero-order valence-electron chi connectivity index (χ0n) is 9.80. The van der Waals surface area contributed by atoms with E-state index < -0.39 is 0 Å². The fraction of sp³-hybridized carbons (Fsp3) is 0.429. The topological polar surface area (TPSA) is 0 Å². The van der Waals surface area contributed by atoms with Gasteiger partial charge in [0, 0.05) is 0 Å². The summed E-state index contributed by atoms with van der Waals surface area (Å²) in [7, 11) is 0. The van der Waals surface area contributed by atoms with E-state index in [2.05, 4.69) is 64.2 Å². The van der Waals surface area contributed by atoms with E-state index in [-0.39, 0.29) is 17.7 Å². The van der Waals surface area contributed by atoms with Crippen molar-refractivity contribution < 1.29 is 17.7 Å². The Kier molecular flexibility index (Phi) is 2.65. The van der Waals surface area contributed by atoms with E-state index in [0.29, 0.717) is 7.86 Å². The number of hydrogen-bond acceptors (Lipinski definition) is 0. The van der Waals surface area contributed by atoms with Crippen LogP contribution in [0.1, 0.15) is 27.7 Å². The van der Waals surface area contributed by atoms with Gasteiger partial charge >= 0.3 is 101 Å². The zero-order chi connectivity index (χ0) is 11.1. The summed E-state index contributed by atoms with van der Waals surface area (Å²) in [4.78, 5) is 0. The molecule has 0 radical (unpaired) electrons. The normalized spacial score (nSPS) is 38.7. The molecule has 0 spiro atoms. The molecule has 2 aliphatic rings. The molecular formula is C14H18Ir. The summed E-state index contributed by atoms with van der Waals surface area (Å²) in [6.45, 7) is 9.14. The predicted octanol–water partition coefficient (Wildman–Crippen LogP) is 4.46. The van der Waals surface area contributed by atoms with Crippen molar-refractivity contribution in [2.75, 3.05) is 0 Å². The molecular weight excluding hydrogens is 360 g/mol. The Bertz CT molecular complexity index is 360. The summed E-state index contributed by atoms with van der Waals surface area (Å²) in [6, 6.07) is 0. The third kappa shape index (κ3) is 2.41. The van der Waals surface area contributed by atoms with Crippen molar-refractivity contribution in [3.63, 3.8) is 0 Å². The van der Waals surface area contributed by atoms with Crippen LogP contribution in [-0.4, -0.2) is 0 Å². The second-order valence-corrected chi connectivity index (χ2v) is 10.5. The van der Waals surface area contributed by atoms with Crippen LogP contribution in [0.3, 0.4) is 0 Å².